The van der Waals surface area contributed by atoms with Crippen molar-refractivity contribution in [2.75, 3.05) is 19.3 Å². The van der Waals surface area contributed by atoms with Crippen LogP contribution in [0, 0.1) is 5.92 Å². The monoisotopic (exact) mass is 1480 g/mol. The molecule has 23 N–H and O–H groups in total. The number of carbonyl (C=O) groups is 16. The van der Waals surface area contributed by atoms with Crippen LogP contribution in [0.1, 0.15) is 95.8 Å². The molecule has 0 aliphatic carbocycles. The number of nitrogens with zero attached hydrogens (tertiary/aromatic N) is 1. The molecule has 0 saturated heterocycles. The molecule has 3 aromatic carbocycles. The van der Waals surface area contributed by atoms with E-state index in [-0.39, 0.29) is 44.3 Å². The minimum atomic E-state index is -1.82. The zero-order valence-electron chi connectivity index (χ0n) is 58.3. The summed E-state index contributed by atoms with van der Waals surface area (Å²) in [6.45, 7) is 4.94. The zero-order valence-corrected chi connectivity index (χ0v) is 59.2. The summed E-state index contributed by atoms with van der Waals surface area (Å²) in [5.74, 6) is -17.6. The third kappa shape index (κ3) is 26.6. The number of carbonyl (C=O) groups excluding carboxylic acids is 15. The molecule has 37 heteroatoms. The van der Waals surface area contributed by atoms with Gasteiger partial charge in [-0.2, -0.15) is 12.6 Å². The van der Waals surface area contributed by atoms with E-state index in [4.69, 9.17) is 22.9 Å². The fraction of sp³-hybridized carbons (Fsp3) is 0.441. The van der Waals surface area contributed by atoms with Gasteiger partial charge in [0.25, 0.3) is 0 Å². The lowest BCUT2D eigenvalue weighted by Crippen LogP contribution is -2.62. The molecule has 11 atom stereocenters. The Hall–Kier alpha value is -11.6. The van der Waals surface area contributed by atoms with E-state index in [2.05, 4.69) is 75.8 Å². The van der Waals surface area contributed by atoms with Crippen molar-refractivity contribution in [1.82, 2.24) is 68.0 Å². The Kier molecular flexibility index (Phi) is 32.2. The third-order valence-electron chi connectivity index (χ3n) is 16.6. The van der Waals surface area contributed by atoms with Crippen molar-refractivity contribution >= 4 is 129 Å². The number of thiol groups is 1. The Morgan fingerprint density at radius 2 is 0.914 bits per heavy atom. The number of aliphatic hydroxyl groups excluding tert-OH is 1. The van der Waals surface area contributed by atoms with Crippen LogP contribution in [0.5, 0.6) is 5.75 Å². The largest absolute Gasteiger partial charge is 0.508 e. The highest BCUT2D eigenvalue weighted by atomic mass is 32.1. The zero-order chi connectivity index (χ0) is 77.9. The Bertz CT molecular complexity index is 3990. The number of aromatic amines is 2. The van der Waals surface area contributed by atoms with Gasteiger partial charge in [0.2, 0.25) is 88.6 Å². The van der Waals surface area contributed by atoms with Crippen molar-refractivity contribution in [2.45, 2.75) is 165 Å². The molecule has 2 aromatic heterocycles. The Morgan fingerprint density at radius 1 is 0.486 bits per heavy atom. The standard InChI is InChI=1S/C68H91N17O19S/c1-33(2)24-52(66(102)78-46(20-23-57(93)94)60(96)80-49(28-55(71)91)59(95)75-31-56(72)92)85(5)68(104)50(27-38-30-74-43-13-9-7-11-41(38)43)82-63(99)47(25-36-14-16-39(88)17-15-36)79-65(101)51(32-105)83-61(97)45(19-22-54(70)90)77-64(100)48(26-37-29-73-42-12-8-6-10-40(37)42)81-67(103)58(34(3)86)84-62(98)44(76-35(4)87)18-21-53(69)89/h6-17,29-30,33-34,44-52,58,73-74,86,88,105H,18-28,31-32H2,1-5H3,(H2,69,89)(H2,70,90)(H2,71,91)(H2,72,92)(H,75,95)(H,76,87)(H,77,100)(H,78,102)(H,79,101)(H,80,96)(H,81,103)(H,82,99)(H,83,97)(H,84,98)(H,93,94)/t34-,44+,45+,46+,47+,48+,49+,50+,51+,52+,58+/m1/s1. The number of aromatic hydroxyl groups is 1. The van der Waals surface area contributed by atoms with Crippen molar-refractivity contribution in [3.05, 3.63) is 102 Å². The van der Waals surface area contributed by atoms with E-state index >= 15 is 9.59 Å². The van der Waals surface area contributed by atoms with Crippen LogP contribution in [0.4, 0.5) is 0 Å². The van der Waals surface area contributed by atoms with Crippen molar-refractivity contribution in [3.63, 3.8) is 0 Å². The van der Waals surface area contributed by atoms with Gasteiger partial charge in [-0.25, -0.2) is 0 Å². The molecule has 5 aromatic rings. The van der Waals surface area contributed by atoms with E-state index in [0.717, 1.165) is 18.7 Å². The molecule has 36 nitrogen and oxygen atoms in total. The Balaban J connectivity index is 1.48. The summed E-state index contributed by atoms with van der Waals surface area (Å²) in [7, 11) is 1.23. The second-order valence-electron chi connectivity index (χ2n) is 25.5. The van der Waals surface area contributed by atoms with Crippen molar-refractivity contribution < 1.29 is 92.0 Å². The number of para-hydroxylation sites is 2. The predicted octanol–water partition coefficient (Wildman–Crippen LogP) is -4.18. The number of phenols is 1. The number of carboxylic acid groups (broad SMARTS) is 1. The summed E-state index contributed by atoms with van der Waals surface area (Å²) < 4.78 is 0. The number of carboxylic acids is 1. The molecule has 0 unspecified atom stereocenters. The van der Waals surface area contributed by atoms with E-state index in [9.17, 15) is 82.4 Å². The lowest BCUT2D eigenvalue weighted by molar-refractivity contribution is -0.143. The van der Waals surface area contributed by atoms with Gasteiger partial charge in [-0.1, -0.05) is 62.4 Å². The molecule has 0 aliphatic rings. The summed E-state index contributed by atoms with van der Waals surface area (Å²) >= 11 is 4.35. The van der Waals surface area contributed by atoms with Gasteiger partial charge in [0.15, 0.2) is 0 Å². The number of phenolic OH excluding ortho intramolecular Hbond substituents is 1. The highest BCUT2D eigenvalue weighted by Crippen LogP contribution is 2.23. The van der Waals surface area contributed by atoms with Gasteiger partial charge in [0, 0.05) is 92.4 Å². The fourth-order valence-electron chi connectivity index (χ4n) is 11.2. The molecule has 105 heavy (non-hydrogen) atoms. The summed E-state index contributed by atoms with van der Waals surface area (Å²) in [6.07, 6.45) is -3.50. The molecule has 0 fully saturated rings. The average molecular weight is 1480 g/mol. The Labute approximate surface area is 607 Å². The predicted molar refractivity (Wildman–Crippen MR) is 380 cm³/mol. The highest BCUT2D eigenvalue weighted by molar-refractivity contribution is 7.80. The van der Waals surface area contributed by atoms with Crippen LogP contribution in [0.3, 0.4) is 0 Å². The Morgan fingerprint density at radius 3 is 1.40 bits per heavy atom. The van der Waals surface area contributed by atoms with E-state index in [0.29, 0.717) is 38.5 Å². The molecular formula is C68H91N17O19S. The quantitative estimate of drug-likeness (QED) is 0.0165. The lowest BCUT2D eigenvalue weighted by atomic mass is 9.98. The highest BCUT2D eigenvalue weighted by Gasteiger charge is 2.40. The van der Waals surface area contributed by atoms with Crippen LogP contribution in [0.2, 0.25) is 0 Å². The van der Waals surface area contributed by atoms with Crippen LogP contribution in [-0.4, -0.2) is 211 Å². The summed E-state index contributed by atoms with van der Waals surface area (Å²) in [5.41, 5.74) is 23.8. The van der Waals surface area contributed by atoms with Crippen molar-refractivity contribution in [2.24, 2.45) is 28.9 Å². The number of fused-ring (bicyclic) bond motifs is 2. The first-order chi connectivity index (χ1) is 49.5. The minimum Gasteiger partial charge on any atom is -0.508 e. The molecule has 0 radical (unpaired) electrons. The second-order valence-corrected chi connectivity index (χ2v) is 25.8. The third-order valence-corrected chi connectivity index (χ3v) is 17.0. The normalized spacial score (nSPS) is 14.3. The van der Waals surface area contributed by atoms with Crippen molar-refractivity contribution in [3.8, 4) is 5.75 Å². The number of nitrogens with one attached hydrogen (secondary N) is 12. The number of benzene rings is 3. The van der Waals surface area contributed by atoms with Crippen LogP contribution in [-0.2, 0) is 96.0 Å². The first-order valence-corrected chi connectivity index (χ1v) is 33.9. The maximum atomic E-state index is 15.3. The number of aromatic nitrogens is 2. The summed E-state index contributed by atoms with van der Waals surface area (Å²) in [4.78, 5) is 223. The molecule has 568 valence electrons. The first-order valence-electron chi connectivity index (χ1n) is 33.3. The van der Waals surface area contributed by atoms with Crippen LogP contribution < -0.4 is 76.1 Å². The van der Waals surface area contributed by atoms with E-state index in [1.54, 1.807) is 74.8 Å². The van der Waals surface area contributed by atoms with Gasteiger partial charge in [0.1, 0.15) is 66.2 Å². The molecule has 2 heterocycles. The molecule has 15 amide bonds. The van der Waals surface area contributed by atoms with E-state index < -0.39 is 211 Å². The van der Waals surface area contributed by atoms with Gasteiger partial charge in [-0.05, 0) is 79.5 Å². The molecule has 0 aliphatic heterocycles. The first kappa shape index (κ1) is 84.0. The van der Waals surface area contributed by atoms with Gasteiger partial charge >= 0.3 is 5.97 Å². The van der Waals surface area contributed by atoms with Gasteiger partial charge in [-0.15, -0.1) is 0 Å². The summed E-state index contributed by atoms with van der Waals surface area (Å²) in [5, 5.41) is 56.4. The SMILES string of the molecule is CC(=O)N[C@@H](CCC(N)=O)C(=O)N[C@H](C(=O)N[C@@H](Cc1c[nH]c2ccccc12)C(=O)N[C@@H](CCC(N)=O)C(=O)N[C@@H](CS)C(=O)N[C@@H](Cc1ccc(O)cc1)C(=O)N[C@@H](Cc1c[nH]c2ccccc12)C(=O)N(C)[C@@H](CC(C)C)C(=O)N[C@@H](CCC(=O)O)C(=O)N[C@@H](CC(N)=O)C(=O)NCC(N)=O)[C@@H](C)O. The van der Waals surface area contributed by atoms with Gasteiger partial charge < -0.3 is 106 Å². The second kappa shape index (κ2) is 40.3. The molecule has 0 bridgehead atoms. The number of rotatable bonds is 43. The van der Waals surface area contributed by atoms with E-state index in [1.165, 1.54) is 31.3 Å². The minimum absolute atomic E-state index is 0.127. The molecule has 0 spiro atoms. The van der Waals surface area contributed by atoms with Gasteiger partial charge in [0.05, 0.1) is 19.1 Å². The van der Waals surface area contributed by atoms with Crippen LogP contribution in [0.15, 0.2) is 85.2 Å². The number of aliphatic carboxylic acids is 1. The number of hydrogen-bond acceptors (Lipinski definition) is 19. The maximum absolute atomic E-state index is 15.3. The maximum Gasteiger partial charge on any atom is 0.303 e. The lowest BCUT2D eigenvalue weighted by Gasteiger charge is -2.33. The number of amides is 15. The molecule has 5 rings (SSSR count). The number of nitrogens with two attached hydrogens (primary N) is 4. The molecular weight excluding hydrogens is 1390 g/mol. The number of H-pyrrole nitrogens is 2. The topological polar surface area (TPSA) is 593 Å². The van der Waals surface area contributed by atoms with Crippen LogP contribution in [0.25, 0.3) is 21.8 Å². The van der Waals surface area contributed by atoms with E-state index in [1.807, 2.05) is 0 Å². The number of primary amides is 4. The molecule has 0 saturated carbocycles. The number of likely N-dealkylation sites (N-methyl/N-ethyl adjacent to an activating group) is 1. The van der Waals surface area contributed by atoms with Crippen molar-refractivity contribution in [1.29, 1.82) is 0 Å². The van der Waals surface area contributed by atoms with Gasteiger partial charge in [-0.3, -0.25) is 76.7 Å². The summed E-state index contributed by atoms with van der Waals surface area (Å²) in [6, 6.07) is 2.63. The number of hydrogen-bond donors (Lipinski definition) is 20. The fourth-order valence-corrected chi connectivity index (χ4v) is 11.4. The smallest absolute Gasteiger partial charge is 0.303 e. The average Bonchev–Trinajstić information content (AvgIpc) is 1.71. The van der Waals surface area contributed by atoms with Crippen LogP contribution >= 0.6 is 12.6 Å². The number of aliphatic hydroxyl groups is 1.